The van der Waals surface area contributed by atoms with Gasteiger partial charge >= 0.3 is 0 Å². The van der Waals surface area contributed by atoms with E-state index in [1.54, 1.807) is 35.0 Å². The fraction of sp³-hybridized carbons (Fsp3) is 0.389. The van der Waals surface area contributed by atoms with E-state index in [0.717, 1.165) is 17.8 Å². The van der Waals surface area contributed by atoms with E-state index in [9.17, 15) is 9.18 Å². The quantitative estimate of drug-likeness (QED) is 0.637. The molecule has 6 nitrogen and oxygen atoms in total. The Morgan fingerprint density at radius 3 is 2.65 bits per heavy atom. The summed E-state index contributed by atoms with van der Waals surface area (Å²) in [6, 6.07) is 4.85. The van der Waals surface area contributed by atoms with Gasteiger partial charge in [-0.3, -0.25) is 9.69 Å². The second-order valence-corrected chi connectivity index (χ2v) is 6.94. The number of carbonyl (C=O) groups is 1. The van der Waals surface area contributed by atoms with Gasteiger partial charge in [-0.05, 0) is 25.2 Å². The van der Waals surface area contributed by atoms with Gasteiger partial charge < -0.3 is 9.47 Å². The van der Waals surface area contributed by atoms with Crippen LogP contribution in [0, 0.1) is 5.82 Å². The third-order valence-electron chi connectivity index (χ3n) is 4.38. The molecule has 2 heterocycles. The Kier molecular flexibility index (Phi) is 5.63. The zero-order valence-corrected chi connectivity index (χ0v) is 16.0. The molecule has 0 aliphatic rings. The van der Waals surface area contributed by atoms with Crippen LogP contribution in [0.2, 0.25) is 0 Å². The summed E-state index contributed by atoms with van der Waals surface area (Å²) in [5.41, 5.74) is 0.299. The third kappa shape index (κ3) is 3.61. The van der Waals surface area contributed by atoms with Crippen LogP contribution in [0.3, 0.4) is 0 Å². The van der Waals surface area contributed by atoms with Crippen LogP contribution >= 0.6 is 11.3 Å². The fourth-order valence-electron chi connectivity index (χ4n) is 2.78. The van der Waals surface area contributed by atoms with E-state index in [2.05, 4.69) is 28.7 Å². The van der Waals surface area contributed by atoms with Crippen molar-refractivity contribution in [1.82, 2.24) is 19.4 Å². The van der Waals surface area contributed by atoms with Gasteiger partial charge in [0.1, 0.15) is 11.3 Å². The van der Waals surface area contributed by atoms with Crippen LogP contribution < -0.4 is 4.90 Å². The van der Waals surface area contributed by atoms with Gasteiger partial charge in [-0.1, -0.05) is 31.3 Å². The van der Waals surface area contributed by atoms with Gasteiger partial charge in [0.25, 0.3) is 5.91 Å². The fourth-order valence-corrected chi connectivity index (χ4v) is 3.78. The zero-order valence-electron chi connectivity index (χ0n) is 15.1. The molecule has 0 saturated carbocycles. The summed E-state index contributed by atoms with van der Waals surface area (Å²) in [6.45, 7) is 7.14. The molecule has 3 rings (SSSR count). The maximum atomic E-state index is 14.0. The highest BCUT2D eigenvalue weighted by Crippen LogP contribution is 2.30. The van der Waals surface area contributed by atoms with Gasteiger partial charge in [0.05, 0.1) is 4.70 Å². The Hall–Kier alpha value is -2.32. The number of aromatic nitrogens is 3. The number of amides is 1. The van der Waals surface area contributed by atoms with Crippen molar-refractivity contribution in [2.75, 3.05) is 31.1 Å². The summed E-state index contributed by atoms with van der Waals surface area (Å²) < 4.78 is 16.4. The molecular weight excluding hydrogens is 353 g/mol. The summed E-state index contributed by atoms with van der Waals surface area (Å²) in [7, 11) is 1.78. The highest BCUT2D eigenvalue weighted by Gasteiger charge is 2.25. The number of carbonyl (C=O) groups excluding carboxylic acids is 1. The van der Waals surface area contributed by atoms with Crippen molar-refractivity contribution in [2.45, 2.75) is 13.8 Å². The van der Waals surface area contributed by atoms with Gasteiger partial charge in [-0.2, -0.15) is 0 Å². The lowest BCUT2D eigenvalue weighted by atomic mass is 10.3. The van der Waals surface area contributed by atoms with Crippen LogP contribution in [0.15, 0.2) is 30.6 Å². The number of aryl methyl sites for hydroxylation is 1. The Morgan fingerprint density at radius 1 is 1.27 bits per heavy atom. The minimum absolute atomic E-state index is 0.232. The number of halogens is 1. The lowest BCUT2D eigenvalue weighted by Crippen LogP contribution is -2.39. The number of hydrogen-bond donors (Lipinski definition) is 0. The van der Waals surface area contributed by atoms with Crippen molar-refractivity contribution in [3.05, 3.63) is 42.2 Å². The van der Waals surface area contributed by atoms with Gasteiger partial charge in [-0.25, -0.2) is 14.4 Å². The lowest BCUT2D eigenvalue weighted by Gasteiger charge is -2.24. The molecule has 0 aliphatic heterocycles. The molecule has 2 aromatic heterocycles. The number of hydrogen-bond acceptors (Lipinski definition) is 5. The van der Waals surface area contributed by atoms with Crippen molar-refractivity contribution in [1.29, 1.82) is 0 Å². The molecule has 0 radical (unpaired) electrons. The predicted octanol–water partition coefficient (Wildman–Crippen LogP) is 3.16. The summed E-state index contributed by atoms with van der Waals surface area (Å²) in [6.07, 6.45) is 3.32. The molecule has 0 aliphatic carbocycles. The lowest BCUT2D eigenvalue weighted by molar-refractivity contribution is 0.0971. The number of nitrogens with zero attached hydrogens (tertiary/aromatic N) is 5. The number of rotatable bonds is 7. The molecule has 0 unspecified atom stereocenters. The Labute approximate surface area is 155 Å². The maximum absolute atomic E-state index is 14.0. The third-order valence-corrected chi connectivity index (χ3v) is 5.42. The van der Waals surface area contributed by atoms with Gasteiger partial charge in [0.15, 0.2) is 11.0 Å². The van der Waals surface area contributed by atoms with E-state index in [-0.39, 0.29) is 11.7 Å². The number of fused-ring (bicyclic) bond motifs is 1. The Morgan fingerprint density at radius 2 is 2.04 bits per heavy atom. The molecule has 1 aromatic carbocycles. The largest absolute Gasteiger partial charge is 0.330 e. The summed E-state index contributed by atoms with van der Waals surface area (Å²) >= 11 is 1.32. The smallest absolute Gasteiger partial charge is 0.296 e. The second-order valence-electron chi connectivity index (χ2n) is 5.93. The molecule has 0 bridgehead atoms. The number of anilines is 1. The molecule has 0 saturated heterocycles. The maximum Gasteiger partial charge on any atom is 0.296 e. The van der Waals surface area contributed by atoms with Gasteiger partial charge in [0, 0.05) is 32.5 Å². The average Bonchev–Trinajstić information content (AvgIpc) is 3.25. The Bertz CT molecular complexity index is 902. The van der Waals surface area contributed by atoms with Crippen LogP contribution in [-0.4, -0.2) is 51.5 Å². The number of thiazole rings is 1. The van der Waals surface area contributed by atoms with Crippen LogP contribution in [0.4, 0.5) is 9.52 Å². The predicted molar refractivity (Wildman–Crippen MR) is 102 cm³/mol. The highest BCUT2D eigenvalue weighted by atomic mass is 32.1. The number of para-hydroxylation sites is 1. The average molecular weight is 375 g/mol. The molecule has 138 valence electrons. The van der Waals surface area contributed by atoms with Crippen LogP contribution in [0.5, 0.6) is 0 Å². The Balaban J connectivity index is 1.97. The first kappa shape index (κ1) is 18.5. The molecule has 0 N–H and O–H groups in total. The molecule has 26 heavy (non-hydrogen) atoms. The highest BCUT2D eigenvalue weighted by molar-refractivity contribution is 7.22. The minimum Gasteiger partial charge on any atom is -0.330 e. The topological polar surface area (TPSA) is 54.3 Å². The number of likely N-dealkylation sites (N-methyl/N-ethyl adjacent to an activating group) is 1. The van der Waals surface area contributed by atoms with E-state index in [0.29, 0.717) is 29.6 Å². The van der Waals surface area contributed by atoms with Crippen LogP contribution in [0.1, 0.15) is 24.5 Å². The van der Waals surface area contributed by atoms with Crippen molar-refractivity contribution in [3.8, 4) is 0 Å². The van der Waals surface area contributed by atoms with Crippen molar-refractivity contribution < 1.29 is 9.18 Å². The van der Waals surface area contributed by atoms with Crippen molar-refractivity contribution >= 4 is 32.6 Å². The molecule has 0 atom stereocenters. The van der Waals surface area contributed by atoms with E-state index in [1.807, 2.05) is 6.07 Å². The number of imidazole rings is 1. The summed E-state index contributed by atoms with van der Waals surface area (Å²) in [5, 5.41) is 0.491. The molecule has 0 fully saturated rings. The van der Waals surface area contributed by atoms with Crippen molar-refractivity contribution in [2.24, 2.45) is 7.05 Å². The molecule has 0 spiro atoms. The second kappa shape index (κ2) is 7.92. The van der Waals surface area contributed by atoms with Crippen molar-refractivity contribution in [3.63, 3.8) is 0 Å². The first-order valence-corrected chi connectivity index (χ1v) is 9.43. The first-order chi connectivity index (χ1) is 12.5. The zero-order chi connectivity index (χ0) is 18.7. The standard InChI is InChI=1S/C18H22FN5OS/c1-4-23(5-2)11-12-24(17(25)16-20-9-10-22(16)3)18-21-15-13(19)7-6-8-14(15)26-18/h6-10H,4-5,11-12H2,1-3H3. The molecule has 1 amide bonds. The SMILES string of the molecule is CCN(CC)CCN(C(=O)c1nccn1C)c1nc2c(F)cccc2s1. The number of benzene rings is 1. The molecule has 3 aromatic rings. The first-order valence-electron chi connectivity index (χ1n) is 8.61. The van der Waals surface area contributed by atoms with Gasteiger partial charge in [-0.15, -0.1) is 0 Å². The van der Waals surface area contributed by atoms with E-state index >= 15 is 0 Å². The van der Waals surface area contributed by atoms with Crippen LogP contribution in [-0.2, 0) is 7.05 Å². The van der Waals surface area contributed by atoms with E-state index in [1.165, 1.54) is 17.4 Å². The van der Waals surface area contributed by atoms with E-state index < -0.39 is 0 Å². The van der Waals surface area contributed by atoms with Gasteiger partial charge in [0.2, 0.25) is 0 Å². The molecular formula is C18H22FN5OS. The monoisotopic (exact) mass is 375 g/mol. The van der Waals surface area contributed by atoms with E-state index in [4.69, 9.17) is 0 Å². The summed E-state index contributed by atoms with van der Waals surface area (Å²) in [4.78, 5) is 25.5. The minimum atomic E-state index is -0.377. The molecule has 8 heteroatoms. The normalized spacial score (nSPS) is 11.4. The van der Waals surface area contributed by atoms with Crippen LogP contribution in [0.25, 0.3) is 10.2 Å². The summed E-state index contributed by atoms with van der Waals surface area (Å²) in [5.74, 6) is -0.272.